The molecule has 0 aliphatic carbocycles. The molecule has 0 spiro atoms. The first-order valence-electron chi connectivity index (χ1n) is 3.65. The van der Waals surface area contributed by atoms with Crippen molar-refractivity contribution in [2.75, 3.05) is 0 Å². The standard InChI is InChI=1S/C8H6N2O3/c11-10(12)7-2-1-6-3-4-9-13-8(6)5-7/h1-5,9H. The maximum atomic E-state index is 10.4. The normalized spacial score (nSPS) is 12.6. The van der Waals surface area contributed by atoms with Gasteiger partial charge in [-0.15, -0.1) is 0 Å². The average Bonchev–Trinajstić information content (AvgIpc) is 2.17. The number of nitrogens with one attached hydrogen (secondary N) is 1. The summed E-state index contributed by atoms with van der Waals surface area (Å²) in [6, 6.07) is 4.47. The van der Waals surface area contributed by atoms with Crippen molar-refractivity contribution < 1.29 is 9.76 Å². The van der Waals surface area contributed by atoms with Crippen LogP contribution in [0.15, 0.2) is 24.4 Å². The van der Waals surface area contributed by atoms with Crippen molar-refractivity contribution in [1.29, 1.82) is 0 Å². The molecule has 2 rings (SSSR count). The zero-order valence-corrected chi connectivity index (χ0v) is 6.56. The second-order valence-electron chi connectivity index (χ2n) is 2.53. The van der Waals surface area contributed by atoms with E-state index < -0.39 is 4.92 Å². The van der Waals surface area contributed by atoms with E-state index >= 15 is 0 Å². The fourth-order valence-corrected chi connectivity index (χ4v) is 1.08. The van der Waals surface area contributed by atoms with Crippen LogP contribution in [0.4, 0.5) is 5.69 Å². The smallest absolute Gasteiger partial charge is 0.273 e. The predicted molar refractivity (Wildman–Crippen MR) is 45.9 cm³/mol. The van der Waals surface area contributed by atoms with Crippen LogP contribution in [-0.4, -0.2) is 4.92 Å². The summed E-state index contributed by atoms with van der Waals surface area (Å²) in [6.45, 7) is 0. The monoisotopic (exact) mass is 178 g/mol. The Balaban J connectivity index is 2.48. The summed E-state index contributed by atoms with van der Waals surface area (Å²) in [6.07, 6.45) is 3.40. The minimum atomic E-state index is -0.456. The minimum Gasteiger partial charge on any atom is -0.382 e. The SMILES string of the molecule is O=[N+]([O-])c1ccc2c(c1)ONC=C2. The first-order valence-corrected chi connectivity index (χ1v) is 3.65. The van der Waals surface area contributed by atoms with E-state index in [0.717, 1.165) is 5.56 Å². The molecule has 1 heterocycles. The average molecular weight is 178 g/mol. The number of hydroxylamine groups is 1. The zero-order valence-electron chi connectivity index (χ0n) is 6.56. The molecule has 0 fully saturated rings. The van der Waals surface area contributed by atoms with Gasteiger partial charge in [0.05, 0.1) is 11.0 Å². The molecule has 0 amide bonds. The van der Waals surface area contributed by atoms with Crippen molar-refractivity contribution in [2.24, 2.45) is 0 Å². The third-order valence-electron chi connectivity index (χ3n) is 1.71. The second-order valence-corrected chi connectivity index (χ2v) is 2.53. The third kappa shape index (κ3) is 1.31. The maximum absolute atomic E-state index is 10.4. The lowest BCUT2D eigenvalue weighted by atomic mass is 10.1. The molecule has 1 aliphatic rings. The summed E-state index contributed by atoms with van der Waals surface area (Å²) in [7, 11) is 0. The highest BCUT2D eigenvalue weighted by molar-refractivity contribution is 5.61. The molecule has 1 aromatic carbocycles. The number of non-ortho nitro benzene ring substituents is 1. The number of benzene rings is 1. The summed E-state index contributed by atoms with van der Waals surface area (Å²) >= 11 is 0. The Labute approximate surface area is 73.7 Å². The van der Waals surface area contributed by atoms with E-state index in [4.69, 9.17) is 4.84 Å². The van der Waals surface area contributed by atoms with E-state index in [0.29, 0.717) is 5.75 Å². The van der Waals surface area contributed by atoms with Gasteiger partial charge in [0, 0.05) is 17.8 Å². The highest BCUT2D eigenvalue weighted by Crippen LogP contribution is 2.26. The Kier molecular flexibility index (Phi) is 1.63. The van der Waals surface area contributed by atoms with Crippen molar-refractivity contribution >= 4 is 11.8 Å². The molecule has 0 saturated heterocycles. The van der Waals surface area contributed by atoms with Gasteiger partial charge >= 0.3 is 0 Å². The van der Waals surface area contributed by atoms with Gasteiger partial charge in [-0.3, -0.25) is 10.1 Å². The van der Waals surface area contributed by atoms with Crippen LogP contribution < -0.4 is 10.3 Å². The Morgan fingerprint density at radius 3 is 3.08 bits per heavy atom. The first kappa shape index (κ1) is 7.60. The molecule has 1 N–H and O–H groups in total. The minimum absolute atomic E-state index is 0.0239. The first-order chi connectivity index (χ1) is 6.27. The second kappa shape index (κ2) is 2.78. The molecule has 0 bridgehead atoms. The Morgan fingerprint density at radius 2 is 2.31 bits per heavy atom. The van der Waals surface area contributed by atoms with Crippen LogP contribution in [0.25, 0.3) is 6.08 Å². The highest BCUT2D eigenvalue weighted by Gasteiger charge is 2.12. The van der Waals surface area contributed by atoms with Gasteiger partial charge in [0.15, 0.2) is 5.75 Å². The van der Waals surface area contributed by atoms with Gasteiger partial charge in [-0.05, 0) is 12.1 Å². The fourth-order valence-electron chi connectivity index (χ4n) is 1.08. The van der Waals surface area contributed by atoms with Crippen molar-refractivity contribution in [3.05, 3.63) is 40.1 Å². The molecular weight excluding hydrogens is 172 g/mol. The summed E-state index contributed by atoms with van der Waals surface area (Å²) in [4.78, 5) is 14.9. The lowest BCUT2D eigenvalue weighted by Crippen LogP contribution is -2.14. The largest absolute Gasteiger partial charge is 0.382 e. The summed E-state index contributed by atoms with van der Waals surface area (Å²) in [5, 5.41) is 10.4. The van der Waals surface area contributed by atoms with Crippen molar-refractivity contribution in [3.63, 3.8) is 0 Å². The van der Waals surface area contributed by atoms with Crippen LogP contribution in [0.5, 0.6) is 5.75 Å². The molecule has 1 aromatic rings. The van der Waals surface area contributed by atoms with Gasteiger partial charge in [-0.1, -0.05) is 0 Å². The Bertz CT molecular complexity index is 387. The topological polar surface area (TPSA) is 64.4 Å². The van der Waals surface area contributed by atoms with Gasteiger partial charge in [-0.2, -0.15) is 0 Å². The van der Waals surface area contributed by atoms with Gasteiger partial charge in [0.25, 0.3) is 5.69 Å². The molecule has 0 saturated carbocycles. The van der Waals surface area contributed by atoms with Crippen LogP contribution in [-0.2, 0) is 0 Å². The lowest BCUT2D eigenvalue weighted by molar-refractivity contribution is -0.385. The van der Waals surface area contributed by atoms with Gasteiger partial charge in [0.1, 0.15) is 0 Å². The van der Waals surface area contributed by atoms with Gasteiger partial charge < -0.3 is 4.84 Å². The quantitative estimate of drug-likeness (QED) is 0.522. The molecule has 13 heavy (non-hydrogen) atoms. The number of rotatable bonds is 1. The van der Waals surface area contributed by atoms with Crippen molar-refractivity contribution in [2.45, 2.75) is 0 Å². The van der Waals surface area contributed by atoms with Crippen molar-refractivity contribution in [1.82, 2.24) is 5.48 Å². The number of nitrogens with zero attached hydrogens (tertiary/aromatic N) is 1. The zero-order chi connectivity index (χ0) is 9.26. The van der Waals surface area contributed by atoms with E-state index in [1.807, 2.05) is 0 Å². The highest BCUT2D eigenvalue weighted by atomic mass is 16.6. The fraction of sp³-hybridized carbons (Fsp3) is 0. The number of nitro groups is 1. The van der Waals surface area contributed by atoms with Gasteiger partial charge in [0.2, 0.25) is 0 Å². The molecule has 1 aliphatic heterocycles. The van der Waals surface area contributed by atoms with Crippen LogP contribution in [0.3, 0.4) is 0 Å². The molecule has 5 heteroatoms. The van der Waals surface area contributed by atoms with Crippen LogP contribution in [0.2, 0.25) is 0 Å². The lowest BCUT2D eigenvalue weighted by Gasteiger charge is -2.11. The van der Waals surface area contributed by atoms with E-state index in [-0.39, 0.29) is 5.69 Å². The molecule has 0 radical (unpaired) electrons. The predicted octanol–water partition coefficient (Wildman–Crippen LogP) is 1.46. The molecular formula is C8H6N2O3. The summed E-state index contributed by atoms with van der Waals surface area (Å²) < 4.78 is 0. The molecule has 0 unspecified atom stereocenters. The van der Waals surface area contributed by atoms with E-state index in [2.05, 4.69) is 5.48 Å². The van der Waals surface area contributed by atoms with Crippen LogP contribution in [0.1, 0.15) is 5.56 Å². The Hall–Kier alpha value is -2.04. The molecule has 5 nitrogen and oxygen atoms in total. The van der Waals surface area contributed by atoms with E-state index in [9.17, 15) is 10.1 Å². The molecule has 0 aromatic heterocycles. The molecule has 0 atom stereocenters. The summed E-state index contributed by atoms with van der Waals surface area (Å²) in [5.74, 6) is 0.469. The van der Waals surface area contributed by atoms with Crippen LogP contribution in [0, 0.1) is 10.1 Å². The third-order valence-corrected chi connectivity index (χ3v) is 1.71. The number of hydrogen-bond donors (Lipinski definition) is 1. The molecule has 66 valence electrons. The number of fused-ring (bicyclic) bond motifs is 1. The van der Waals surface area contributed by atoms with E-state index in [1.54, 1.807) is 18.3 Å². The van der Waals surface area contributed by atoms with E-state index in [1.165, 1.54) is 12.1 Å². The maximum Gasteiger partial charge on any atom is 0.273 e. The van der Waals surface area contributed by atoms with Crippen LogP contribution >= 0.6 is 0 Å². The van der Waals surface area contributed by atoms with Gasteiger partial charge in [-0.25, -0.2) is 5.48 Å². The number of nitro benzene ring substituents is 1. The van der Waals surface area contributed by atoms with Crippen molar-refractivity contribution in [3.8, 4) is 5.75 Å². The summed E-state index contributed by atoms with van der Waals surface area (Å²) in [5.41, 5.74) is 3.35. The number of hydrogen-bond acceptors (Lipinski definition) is 4. The Morgan fingerprint density at radius 1 is 1.46 bits per heavy atom.